The quantitative estimate of drug-likeness (QED) is 0.867. The second-order valence-electron chi connectivity index (χ2n) is 6.49. The van der Waals surface area contributed by atoms with Crippen molar-refractivity contribution in [1.82, 2.24) is 10.1 Å². The van der Waals surface area contributed by atoms with E-state index in [0.717, 1.165) is 29.7 Å². The van der Waals surface area contributed by atoms with Crippen LogP contribution >= 0.6 is 11.8 Å². The molecule has 4 nitrogen and oxygen atoms in total. The zero-order valence-corrected chi connectivity index (χ0v) is 13.5. The van der Waals surface area contributed by atoms with Gasteiger partial charge in [0.1, 0.15) is 0 Å². The van der Waals surface area contributed by atoms with Gasteiger partial charge in [0.05, 0.1) is 18.3 Å². The Morgan fingerprint density at radius 3 is 2.57 bits per heavy atom. The number of hydrogen-bond acceptors (Lipinski definition) is 5. The molecule has 21 heavy (non-hydrogen) atoms. The summed E-state index contributed by atoms with van der Waals surface area (Å²) in [6.45, 7) is 0. The van der Waals surface area contributed by atoms with E-state index in [0.29, 0.717) is 18.2 Å². The van der Waals surface area contributed by atoms with Crippen molar-refractivity contribution >= 4 is 11.8 Å². The molecule has 0 bridgehead atoms. The highest BCUT2D eigenvalue weighted by Crippen LogP contribution is 2.31. The van der Waals surface area contributed by atoms with Crippen molar-refractivity contribution in [3.63, 3.8) is 0 Å². The molecule has 1 unspecified atom stereocenters. The fourth-order valence-electron chi connectivity index (χ4n) is 3.54. The maximum atomic E-state index is 10.2. The first-order chi connectivity index (χ1) is 10.3. The first-order valence-electron chi connectivity index (χ1n) is 8.42. The molecular weight excluding hydrogens is 284 g/mol. The maximum absolute atomic E-state index is 10.2. The lowest BCUT2D eigenvalue weighted by atomic mass is 9.98. The number of aliphatic hydroxyl groups is 1. The molecule has 1 atom stereocenters. The number of rotatable bonds is 6. The van der Waals surface area contributed by atoms with Crippen molar-refractivity contribution in [1.29, 1.82) is 0 Å². The van der Waals surface area contributed by atoms with E-state index in [-0.39, 0.29) is 6.10 Å². The van der Waals surface area contributed by atoms with Gasteiger partial charge < -0.3 is 9.63 Å². The minimum absolute atomic E-state index is 0.313. The summed E-state index contributed by atoms with van der Waals surface area (Å²) in [5.41, 5.74) is 0. The van der Waals surface area contributed by atoms with Crippen LogP contribution in [0.5, 0.6) is 0 Å². The van der Waals surface area contributed by atoms with Gasteiger partial charge in [-0.1, -0.05) is 37.3 Å². The number of thioether (sulfide) groups is 1. The predicted molar refractivity (Wildman–Crippen MR) is 84.1 cm³/mol. The van der Waals surface area contributed by atoms with Crippen LogP contribution in [0.2, 0.25) is 0 Å². The van der Waals surface area contributed by atoms with Gasteiger partial charge in [0.15, 0.2) is 5.82 Å². The summed E-state index contributed by atoms with van der Waals surface area (Å²) >= 11 is 1.96. The monoisotopic (exact) mass is 310 g/mol. The van der Waals surface area contributed by atoms with Crippen LogP contribution in [0.1, 0.15) is 69.5 Å². The standard InChI is InChI=1S/C16H26N2O2S/c19-14(12-6-4-5-7-12)10-16-17-15(18-20-16)11-21-13-8-2-1-3-9-13/h12-14,19H,1-11H2. The molecule has 2 aliphatic rings. The van der Waals surface area contributed by atoms with Gasteiger partial charge in [-0.2, -0.15) is 16.7 Å². The Bertz CT molecular complexity index is 426. The number of aromatic nitrogens is 2. The van der Waals surface area contributed by atoms with Gasteiger partial charge in [-0.15, -0.1) is 0 Å². The van der Waals surface area contributed by atoms with Gasteiger partial charge in [0.2, 0.25) is 5.89 Å². The van der Waals surface area contributed by atoms with Crippen molar-refractivity contribution in [2.75, 3.05) is 0 Å². The Morgan fingerprint density at radius 2 is 1.81 bits per heavy atom. The molecule has 2 saturated carbocycles. The number of hydrogen-bond donors (Lipinski definition) is 1. The van der Waals surface area contributed by atoms with Gasteiger partial charge in [0.25, 0.3) is 0 Å². The minimum atomic E-state index is -0.313. The fraction of sp³-hybridized carbons (Fsp3) is 0.875. The maximum Gasteiger partial charge on any atom is 0.229 e. The van der Waals surface area contributed by atoms with Gasteiger partial charge in [-0.25, -0.2) is 0 Å². The topological polar surface area (TPSA) is 59.2 Å². The fourth-order valence-corrected chi connectivity index (χ4v) is 4.71. The van der Waals surface area contributed by atoms with E-state index in [2.05, 4.69) is 10.1 Å². The largest absolute Gasteiger partial charge is 0.392 e. The lowest BCUT2D eigenvalue weighted by molar-refractivity contribution is 0.102. The molecule has 2 fully saturated rings. The predicted octanol–water partition coefficient (Wildman–Crippen LogP) is 3.73. The third-order valence-electron chi connectivity index (χ3n) is 4.84. The Hall–Kier alpha value is -0.550. The van der Waals surface area contributed by atoms with Crippen LogP contribution in [0.15, 0.2) is 4.52 Å². The molecule has 1 aromatic rings. The summed E-state index contributed by atoms with van der Waals surface area (Å²) in [6, 6.07) is 0. The Balaban J connectivity index is 1.44. The smallest absolute Gasteiger partial charge is 0.229 e. The summed E-state index contributed by atoms with van der Waals surface area (Å²) in [6.07, 6.45) is 11.8. The molecule has 0 aliphatic heterocycles. The molecule has 118 valence electrons. The molecule has 2 aliphatic carbocycles. The summed E-state index contributed by atoms with van der Waals surface area (Å²) in [4.78, 5) is 4.45. The normalized spacial score (nSPS) is 22.7. The van der Waals surface area contributed by atoms with E-state index >= 15 is 0 Å². The van der Waals surface area contributed by atoms with Crippen LogP contribution in [0.25, 0.3) is 0 Å². The highest BCUT2D eigenvalue weighted by molar-refractivity contribution is 7.99. The first-order valence-corrected chi connectivity index (χ1v) is 9.47. The van der Waals surface area contributed by atoms with E-state index in [4.69, 9.17) is 4.52 Å². The highest BCUT2D eigenvalue weighted by Gasteiger charge is 2.25. The van der Waals surface area contributed by atoms with Crippen LogP contribution in [-0.4, -0.2) is 26.6 Å². The average molecular weight is 310 g/mol. The van der Waals surface area contributed by atoms with Crippen molar-refractivity contribution in [3.05, 3.63) is 11.7 Å². The van der Waals surface area contributed by atoms with Crippen molar-refractivity contribution in [2.45, 2.75) is 81.3 Å². The molecule has 3 rings (SSSR count). The zero-order chi connectivity index (χ0) is 14.5. The van der Waals surface area contributed by atoms with Gasteiger partial charge in [0, 0.05) is 5.25 Å². The van der Waals surface area contributed by atoms with E-state index in [1.54, 1.807) is 0 Å². The van der Waals surface area contributed by atoms with Crippen LogP contribution < -0.4 is 0 Å². The second kappa shape index (κ2) is 7.63. The Kier molecular flexibility index (Phi) is 5.58. The lowest BCUT2D eigenvalue weighted by Gasteiger charge is -2.20. The first kappa shape index (κ1) is 15.3. The molecule has 1 N–H and O–H groups in total. The van der Waals surface area contributed by atoms with Crippen LogP contribution in [0, 0.1) is 5.92 Å². The molecule has 0 saturated heterocycles. The number of nitrogens with zero attached hydrogens (tertiary/aromatic N) is 2. The molecule has 1 heterocycles. The van der Waals surface area contributed by atoms with Crippen LogP contribution in [0.3, 0.4) is 0 Å². The van der Waals surface area contributed by atoms with Gasteiger partial charge in [-0.3, -0.25) is 0 Å². The van der Waals surface area contributed by atoms with E-state index in [1.807, 2.05) is 11.8 Å². The zero-order valence-electron chi connectivity index (χ0n) is 12.7. The molecular formula is C16H26N2O2S. The summed E-state index contributed by atoms with van der Waals surface area (Å²) in [5.74, 6) is 2.66. The molecule has 0 aromatic carbocycles. The molecule has 0 radical (unpaired) electrons. The summed E-state index contributed by atoms with van der Waals surface area (Å²) < 4.78 is 5.30. The second-order valence-corrected chi connectivity index (χ2v) is 7.78. The van der Waals surface area contributed by atoms with E-state index in [1.165, 1.54) is 44.9 Å². The van der Waals surface area contributed by atoms with Crippen molar-refractivity contribution < 1.29 is 9.63 Å². The highest BCUT2D eigenvalue weighted by atomic mass is 32.2. The number of aliphatic hydroxyl groups excluding tert-OH is 1. The van der Waals surface area contributed by atoms with E-state index < -0.39 is 0 Å². The Morgan fingerprint density at radius 1 is 1.10 bits per heavy atom. The van der Waals surface area contributed by atoms with Crippen molar-refractivity contribution in [2.24, 2.45) is 5.92 Å². The summed E-state index contributed by atoms with van der Waals surface area (Å²) in [7, 11) is 0. The Labute approximate surface area is 131 Å². The SMILES string of the molecule is OC(Cc1nc(CSC2CCCCC2)no1)C1CCCC1. The third kappa shape index (κ3) is 4.46. The average Bonchev–Trinajstić information content (AvgIpc) is 3.18. The minimum Gasteiger partial charge on any atom is -0.392 e. The third-order valence-corrected chi connectivity index (χ3v) is 6.21. The molecule has 1 aromatic heterocycles. The van der Waals surface area contributed by atoms with Crippen molar-refractivity contribution in [3.8, 4) is 0 Å². The van der Waals surface area contributed by atoms with Gasteiger partial charge >= 0.3 is 0 Å². The van der Waals surface area contributed by atoms with Crippen LogP contribution in [0.4, 0.5) is 0 Å². The molecule has 0 spiro atoms. The summed E-state index contributed by atoms with van der Waals surface area (Å²) in [5, 5.41) is 15.0. The van der Waals surface area contributed by atoms with Crippen LogP contribution in [-0.2, 0) is 12.2 Å². The van der Waals surface area contributed by atoms with E-state index in [9.17, 15) is 5.11 Å². The molecule has 0 amide bonds. The lowest BCUT2D eigenvalue weighted by Crippen LogP contribution is -2.20. The molecule has 5 heteroatoms. The van der Waals surface area contributed by atoms with Gasteiger partial charge in [-0.05, 0) is 31.6 Å².